The van der Waals surface area contributed by atoms with E-state index in [1.165, 1.54) is 12.1 Å². The molecular weight excluding hydrogens is 453 g/mol. The van der Waals surface area contributed by atoms with E-state index in [1.807, 2.05) is 0 Å². The first-order valence-electron chi connectivity index (χ1n) is 6.84. The lowest BCUT2D eigenvalue weighted by molar-refractivity contribution is -0.385. The number of carbonyl (C=O) groups is 1. The Kier molecular flexibility index (Phi) is 6.78. The van der Waals surface area contributed by atoms with Gasteiger partial charge in [-0.05, 0) is 28.1 Å². The first kappa shape index (κ1) is 20.0. The molecule has 2 rings (SSSR count). The summed E-state index contributed by atoms with van der Waals surface area (Å²) in [5.74, 6) is -0.629. The van der Waals surface area contributed by atoms with Crippen LogP contribution in [-0.4, -0.2) is 28.8 Å². The minimum absolute atomic E-state index is 0.0465. The Morgan fingerprint density at radius 1 is 1.38 bits per heavy atom. The second kappa shape index (κ2) is 8.84. The molecule has 0 aliphatic carbocycles. The average molecular weight is 463 g/mol. The Morgan fingerprint density at radius 2 is 2.12 bits per heavy atom. The fraction of sp³-hybridized carbons (Fsp3) is 0.0667. The van der Waals surface area contributed by atoms with Crippen LogP contribution in [0.25, 0.3) is 0 Å². The number of hydrogen-bond acceptors (Lipinski definition) is 6. The highest BCUT2D eigenvalue weighted by Crippen LogP contribution is 2.31. The molecule has 1 amide bonds. The number of nitrogens with zero attached hydrogens (tertiary/aromatic N) is 2. The number of aromatic hydroxyl groups is 1. The van der Waals surface area contributed by atoms with Crippen molar-refractivity contribution < 1.29 is 19.6 Å². The maximum Gasteiger partial charge on any atom is 0.277 e. The van der Waals surface area contributed by atoms with Crippen molar-refractivity contribution >= 4 is 56.9 Å². The third-order valence-electron chi connectivity index (χ3n) is 2.93. The number of nitrogens with one attached hydrogen (secondary N) is 1. The molecule has 11 heteroatoms. The van der Waals surface area contributed by atoms with Gasteiger partial charge in [-0.1, -0.05) is 23.2 Å². The third kappa shape index (κ3) is 5.32. The van der Waals surface area contributed by atoms with Gasteiger partial charge in [0.1, 0.15) is 11.5 Å². The number of nitro groups is 1. The zero-order valence-corrected chi connectivity index (χ0v) is 15.9. The minimum Gasteiger partial charge on any atom is -0.506 e. The van der Waals surface area contributed by atoms with Crippen molar-refractivity contribution in [2.24, 2.45) is 5.10 Å². The van der Waals surface area contributed by atoms with Crippen LogP contribution in [0.4, 0.5) is 5.69 Å². The van der Waals surface area contributed by atoms with E-state index in [0.717, 1.165) is 18.3 Å². The van der Waals surface area contributed by atoms with Crippen LogP contribution in [0, 0.1) is 10.1 Å². The lowest BCUT2D eigenvalue weighted by Crippen LogP contribution is -2.24. The van der Waals surface area contributed by atoms with Gasteiger partial charge in [-0.3, -0.25) is 14.9 Å². The minimum atomic E-state index is -0.622. The van der Waals surface area contributed by atoms with Crippen LogP contribution in [0.3, 0.4) is 0 Å². The van der Waals surface area contributed by atoms with E-state index in [0.29, 0.717) is 5.02 Å². The Morgan fingerprint density at radius 3 is 2.81 bits per heavy atom. The van der Waals surface area contributed by atoms with Crippen molar-refractivity contribution in [3.05, 3.63) is 60.5 Å². The summed E-state index contributed by atoms with van der Waals surface area (Å²) in [6.45, 7) is -0.387. The molecule has 0 atom stereocenters. The van der Waals surface area contributed by atoms with Gasteiger partial charge in [0.15, 0.2) is 6.61 Å². The number of hydrogen-bond donors (Lipinski definition) is 2. The normalized spacial score (nSPS) is 10.7. The molecule has 2 aromatic rings. The molecule has 0 saturated carbocycles. The number of amides is 1. The lowest BCUT2D eigenvalue weighted by Gasteiger charge is -2.07. The smallest absolute Gasteiger partial charge is 0.277 e. The van der Waals surface area contributed by atoms with Crippen LogP contribution in [0.2, 0.25) is 10.0 Å². The molecule has 0 radical (unpaired) electrons. The number of ether oxygens (including phenoxy) is 1. The van der Waals surface area contributed by atoms with E-state index in [-0.39, 0.29) is 38.9 Å². The quantitative estimate of drug-likeness (QED) is 0.384. The zero-order valence-electron chi connectivity index (χ0n) is 12.8. The summed E-state index contributed by atoms with van der Waals surface area (Å²) in [7, 11) is 0. The van der Waals surface area contributed by atoms with E-state index < -0.39 is 10.8 Å². The molecule has 2 N–H and O–H groups in total. The van der Waals surface area contributed by atoms with Gasteiger partial charge < -0.3 is 9.84 Å². The molecule has 26 heavy (non-hydrogen) atoms. The van der Waals surface area contributed by atoms with Crippen LogP contribution in [0.5, 0.6) is 11.5 Å². The number of benzene rings is 2. The number of phenols is 1. The van der Waals surface area contributed by atoms with Gasteiger partial charge >= 0.3 is 0 Å². The van der Waals surface area contributed by atoms with E-state index in [1.54, 1.807) is 6.07 Å². The maximum absolute atomic E-state index is 11.7. The van der Waals surface area contributed by atoms with Crippen LogP contribution < -0.4 is 10.2 Å². The fourth-order valence-electron chi connectivity index (χ4n) is 1.75. The number of halogens is 3. The van der Waals surface area contributed by atoms with Crippen molar-refractivity contribution in [3.8, 4) is 11.5 Å². The van der Waals surface area contributed by atoms with Crippen molar-refractivity contribution in [2.75, 3.05) is 6.61 Å². The van der Waals surface area contributed by atoms with Gasteiger partial charge in [0.25, 0.3) is 11.6 Å². The molecule has 0 aromatic heterocycles. The molecule has 0 fully saturated rings. The van der Waals surface area contributed by atoms with E-state index in [2.05, 4.69) is 26.5 Å². The summed E-state index contributed by atoms with van der Waals surface area (Å²) in [5.41, 5.74) is 1.96. The number of rotatable bonds is 6. The molecule has 0 unspecified atom stereocenters. The summed E-state index contributed by atoms with van der Waals surface area (Å²) in [4.78, 5) is 21.9. The number of carbonyl (C=O) groups excluding carboxylic acids is 1. The highest BCUT2D eigenvalue weighted by Gasteiger charge is 2.13. The van der Waals surface area contributed by atoms with Gasteiger partial charge in [0.2, 0.25) is 0 Å². The second-order valence-corrected chi connectivity index (χ2v) is 6.48. The Hall–Kier alpha value is -2.36. The summed E-state index contributed by atoms with van der Waals surface area (Å²) in [6, 6.07) is 6.81. The predicted molar refractivity (Wildman–Crippen MR) is 100 cm³/mol. The monoisotopic (exact) mass is 461 g/mol. The zero-order chi connectivity index (χ0) is 19.3. The molecule has 0 spiro atoms. The van der Waals surface area contributed by atoms with Gasteiger partial charge in [0, 0.05) is 28.8 Å². The van der Waals surface area contributed by atoms with Crippen LogP contribution in [0.1, 0.15) is 5.56 Å². The van der Waals surface area contributed by atoms with Crippen molar-refractivity contribution in [3.63, 3.8) is 0 Å². The van der Waals surface area contributed by atoms with Crippen LogP contribution in [0.15, 0.2) is 39.9 Å². The summed E-state index contributed by atoms with van der Waals surface area (Å²) in [6.07, 6.45) is 1.07. The van der Waals surface area contributed by atoms with Crippen molar-refractivity contribution in [1.82, 2.24) is 5.43 Å². The Balaban J connectivity index is 1.99. The van der Waals surface area contributed by atoms with Gasteiger partial charge in [-0.2, -0.15) is 5.10 Å². The molecule has 136 valence electrons. The highest BCUT2D eigenvalue weighted by atomic mass is 79.9. The first-order chi connectivity index (χ1) is 12.3. The standard InChI is InChI=1S/C15H10BrCl2N3O5/c16-11-5-10(21(24)25)3-8(15(11)23)6-19-20-14(22)7-26-13-4-9(17)1-2-12(13)18/h1-6,23H,7H2,(H,20,22)/b19-6+. The van der Waals surface area contributed by atoms with E-state index in [4.69, 9.17) is 27.9 Å². The first-order valence-corrected chi connectivity index (χ1v) is 8.39. The highest BCUT2D eigenvalue weighted by molar-refractivity contribution is 9.10. The van der Waals surface area contributed by atoms with Crippen molar-refractivity contribution in [1.29, 1.82) is 0 Å². The van der Waals surface area contributed by atoms with Gasteiger partial charge in [-0.25, -0.2) is 5.43 Å². The van der Waals surface area contributed by atoms with Crippen LogP contribution >= 0.6 is 39.1 Å². The predicted octanol–water partition coefficient (Wildman–Crippen LogP) is 3.90. The van der Waals surface area contributed by atoms with Crippen molar-refractivity contribution in [2.45, 2.75) is 0 Å². The number of phenolic OH excluding ortho intramolecular Hbond substituents is 1. The number of non-ortho nitro benzene ring substituents is 1. The molecule has 0 saturated heterocycles. The van der Waals surface area contributed by atoms with Crippen LogP contribution in [-0.2, 0) is 4.79 Å². The SMILES string of the molecule is O=C(COc1cc(Cl)ccc1Cl)N/N=C/c1cc([N+](=O)[O-])cc(Br)c1O. The molecule has 8 nitrogen and oxygen atoms in total. The molecule has 0 heterocycles. The summed E-state index contributed by atoms with van der Waals surface area (Å²) in [5, 5.41) is 25.0. The van der Waals surface area contributed by atoms with Gasteiger partial charge in [-0.15, -0.1) is 0 Å². The fourth-order valence-corrected chi connectivity index (χ4v) is 2.54. The van der Waals surface area contributed by atoms with E-state index in [9.17, 15) is 20.0 Å². The average Bonchev–Trinajstić information content (AvgIpc) is 2.59. The molecule has 2 aromatic carbocycles. The third-order valence-corrected chi connectivity index (χ3v) is 4.09. The number of hydrazone groups is 1. The number of nitro benzene ring substituents is 1. The largest absolute Gasteiger partial charge is 0.506 e. The summed E-state index contributed by atoms with van der Waals surface area (Å²) < 4.78 is 5.35. The topological polar surface area (TPSA) is 114 Å². The molecule has 0 bridgehead atoms. The van der Waals surface area contributed by atoms with Gasteiger partial charge in [0.05, 0.1) is 20.6 Å². The molecular formula is C15H10BrCl2N3O5. The Bertz CT molecular complexity index is 892. The lowest BCUT2D eigenvalue weighted by atomic mass is 10.2. The summed E-state index contributed by atoms with van der Waals surface area (Å²) >= 11 is 14.7. The Labute approximate surface area is 165 Å². The van der Waals surface area contributed by atoms with E-state index >= 15 is 0 Å². The molecule has 0 aliphatic heterocycles. The molecule has 0 aliphatic rings. The second-order valence-electron chi connectivity index (χ2n) is 4.78. The maximum atomic E-state index is 11.7.